The van der Waals surface area contributed by atoms with E-state index in [9.17, 15) is 4.79 Å². The summed E-state index contributed by atoms with van der Waals surface area (Å²) in [5.41, 5.74) is 2.31. The summed E-state index contributed by atoms with van der Waals surface area (Å²) in [4.78, 5) is 15.7. The number of aromatic nitrogens is 2. The van der Waals surface area contributed by atoms with Gasteiger partial charge in [-0.1, -0.05) is 12.1 Å². The molecular weight excluding hydrogens is 284 g/mol. The molecule has 1 aromatic carbocycles. The topological polar surface area (TPSA) is 71.7 Å². The molecule has 7 nitrogen and oxygen atoms in total. The fraction of sp³-hybridized carbons (Fsp3) is 0.533. The van der Waals surface area contributed by atoms with Gasteiger partial charge in [0, 0.05) is 20.1 Å². The molecule has 0 bridgehead atoms. The number of likely N-dealkylation sites (tertiary alicyclic amines) is 1. The molecule has 22 heavy (non-hydrogen) atoms. The van der Waals surface area contributed by atoms with Crippen molar-refractivity contribution in [2.45, 2.75) is 25.0 Å². The molecule has 2 saturated heterocycles. The van der Waals surface area contributed by atoms with Gasteiger partial charge >= 0.3 is 6.09 Å². The smallest absolute Gasteiger partial charge is 0.410 e. The third-order valence-corrected chi connectivity index (χ3v) is 4.52. The summed E-state index contributed by atoms with van der Waals surface area (Å²) in [6.45, 7) is 3.17. The molecular formula is C15H18N4O3. The molecule has 4 rings (SSSR count). The number of rotatable bonds is 2. The maximum absolute atomic E-state index is 11.7. The van der Waals surface area contributed by atoms with Gasteiger partial charge in [0.2, 0.25) is 0 Å². The summed E-state index contributed by atoms with van der Waals surface area (Å²) < 4.78 is 10.5. The van der Waals surface area contributed by atoms with Crippen LogP contribution in [-0.2, 0) is 11.3 Å². The second-order valence-corrected chi connectivity index (χ2v) is 6.27. The van der Waals surface area contributed by atoms with Crippen LogP contribution in [0.15, 0.2) is 22.8 Å². The summed E-state index contributed by atoms with van der Waals surface area (Å²) in [6.07, 6.45) is 1.73. The predicted octanol–water partition coefficient (Wildman–Crippen LogP) is 1.64. The molecule has 2 aromatic rings. The summed E-state index contributed by atoms with van der Waals surface area (Å²) in [5.74, 6) is 0. The highest BCUT2D eigenvalue weighted by atomic mass is 16.6. The van der Waals surface area contributed by atoms with Crippen LogP contribution in [0.25, 0.3) is 11.0 Å². The molecule has 3 heterocycles. The Hall–Kier alpha value is -2.15. The van der Waals surface area contributed by atoms with Crippen LogP contribution in [0.3, 0.4) is 0 Å². The van der Waals surface area contributed by atoms with Gasteiger partial charge in [-0.25, -0.2) is 9.42 Å². The van der Waals surface area contributed by atoms with E-state index in [-0.39, 0.29) is 11.7 Å². The molecule has 0 saturated carbocycles. The molecule has 0 N–H and O–H groups in total. The van der Waals surface area contributed by atoms with Gasteiger partial charge in [0.15, 0.2) is 0 Å². The van der Waals surface area contributed by atoms with Crippen LogP contribution in [0.5, 0.6) is 0 Å². The first-order valence-electron chi connectivity index (χ1n) is 7.52. The van der Waals surface area contributed by atoms with Gasteiger partial charge in [0.1, 0.15) is 16.6 Å². The molecule has 1 unspecified atom stereocenters. The van der Waals surface area contributed by atoms with Crippen molar-refractivity contribution < 1.29 is 14.2 Å². The van der Waals surface area contributed by atoms with Gasteiger partial charge in [0.25, 0.3) is 0 Å². The Morgan fingerprint density at radius 2 is 2.23 bits per heavy atom. The molecule has 2 fully saturated rings. The largest absolute Gasteiger partial charge is 0.440 e. The van der Waals surface area contributed by atoms with Gasteiger partial charge in [-0.2, -0.15) is 0 Å². The highest BCUT2D eigenvalue weighted by Gasteiger charge is 2.46. The summed E-state index contributed by atoms with van der Waals surface area (Å²) >= 11 is 0. The van der Waals surface area contributed by atoms with Crippen molar-refractivity contribution in [1.82, 2.24) is 20.1 Å². The van der Waals surface area contributed by atoms with Gasteiger partial charge in [-0.05, 0) is 41.3 Å². The number of hydrogen-bond acceptors (Lipinski definition) is 6. The van der Waals surface area contributed by atoms with E-state index in [1.807, 2.05) is 18.2 Å². The monoisotopic (exact) mass is 302 g/mol. The van der Waals surface area contributed by atoms with Crippen LogP contribution < -0.4 is 0 Å². The van der Waals surface area contributed by atoms with E-state index in [0.717, 1.165) is 49.1 Å². The number of nitrogens with zero attached hydrogens (tertiary/aromatic N) is 4. The summed E-state index contributed by atoms with van der Waals surface area (Å²) in [7, 11) is 1.79. The lowest BCUT2D eigenvalue weighted by Gasteiger charge is -2.38. The average Bonchev–Trinajstić information content (AvgIpc) is 3.05. The normalized spacial score (nSPS) is 26.0. The van der Waals surface area contributed by atoms with Crippen molar-refractivity contribution in [3.8, 4) is 0 Å². The van der Waals surface area contributed by atoms with Crippen LogP contribution in [0.4, 0.5) is 4.79 Å². The number of likely N-dealkylation sites (N-methyl/N-ethyl adjacent to an activating group) is 1. The van der Waals surface area contributed by atoms with Crippen LogP contribution >= 0.6 is 0 Å². The van der Waals surface area contributed by atoms with E-state index in [1.54, 1.807) is 11.9 Å². The zero-order valence-corrected chi connectivity index (χ0v) is 12.5. The first kappa shape index (κ1) is 13.5. The lowest BCUT2D eigenvalue weighted by Crippen LogP contribution is -2.50. The first-order chi connectivity index (χ1) is 10.7. The highest BCUT2D eigenvalue weighted by Crippen LogP contribution is 2.32. The second-order valence-electron chi connectivity index (χ2n) is 6.27. The molecule has 116 valence electrons. The van der Waals surface area contributed by atoms with E-state index in [2.05, 4.69) is 15.2 Å². The summed E-state index contributed by atoms with van der Waals surface area (Å²) in [6, 6.07) is 5.90. The van der Waals surface area contributed by atoms with Crippen LogP contribution in [-0.4, -0.2) is 58.5 Å². The summed E-state index contributed by atoms with van der Waals surface area (Å²) in [5, 5.41) is 7.87. The van der Waals surface area contributed by atoms with Gasteiger partial charge in [-0.3, -0.25) is 4.90 Å². The second kappa shape index (κ2) is 4.95. The molecule has 0 radical (unpaired) electrons. The predicted molar refractivity (Wildman–Crippen MR) is 78.2 cm³/mol. The number of fused-ring (bicyclic) bond motifs is 1. The van der Waals surface area contributed by atoms with Crippen molar-refractivity contribution in [2.24, 2.45) is 0 Å². The molecule has 1 aromatic heterocycles. The molecule has 2 aliphatic rings. The molecule has 1 spiro atoms. The van der Waals surface area contributed by atoms with E-state index < -0.39 is 0 Å². The standard InChI is InChI=1S/C15H18N4O3/c1-18-9-15(21-14(18)20)6-3-7-19(10-15)8-11-4-2-5-12-13(11)17-22-16-12/h2,4-5H,3,6-10H2,1H3. The average molecular weight is 302 g/mol. The van der Waals surface area contributed by atoms with Crippen LogP contribution in [0, 0.1) is 0 Å². The maximum Gasteiger partial charge on any atom is 0.410 e. The zero-order chi connectivity index (χ0) is 15.2. The zero-order valence-electron chi connectivity index (χ0n) is 12.5. The Bertz CT molecular complexity index is 716. The van der Waals surface area contributed by atoms with E-state index in [1.165, 1.54) is 0 Å². The molecule has 0 aliphatic carbocycles. The van der Waals surface area contributed by atoms with Crippen molar-refractivity contribution in [3.05, 3.63) is 23.8 Å². The fourth-order valence-electron chi connectivity index (χ4n) is 3.56. The fourth-order valence-corrected chi connectivity index (χ4v) is 3.56. The quantitative estimate of drug-likeness (QED) is 0.840. The number of ether oxygens (including phenoxy) is 1. The Labute approximate surface area is 127 Å². The number of carbonyl (C=O) groups excluding carboxylic acids is 1. The Morgan fingerprint density at radius 3 is 3.05 bits per heavy atom. The third kappa shape index (κ3) is 2.21. The van der Waals surface area contributed by atoms with Crippen molar-refractivity contribution in [2.75, 3.05) is 26.7 Å². The minimum atomic E-state index is -0.361. The van der Waals surface area contributed by atoms with Crippen LogP contribution in [0.1, 0.15) is 18.4 Å². The highest BCUT2D eigenvalue weighted by molar-refractivity contribution is 5.76. The minimum absolute atomic E-state index is 0.218. The maximum atomic E-state index is 11.7. The first-order valence-corrected chi connectivity index (χ1v) is 7.52. The Balaban J connectivity index is 1.54. The number of carbonyl (C=O) groups is 1. The van der Waals surface area contributed by atoms with E-state index >= 15 is 0 Å². The number of piperidine rings is 1. The van der Waals surface area contributed by atoms with Gasteiger partial charge in [0.05, 0.1) is 6.54 Å². The third-order valence-electron chi connectivity index (χ3n) is 4.52. The Morgan fingerprint density at radius 1 is 1.32 bits per heavy atom. The molecule has 1 atom stereocenters. The van der Waals surface area contributed by atoms with E-state index in [0.29, 0.717) is 6.54 Å². The van der Waals surface area contributed by atoms with Gasteiger partial charge in [-0.15, -0.1) is 0 Å². The number of benzene rings is 1. The molecule has 2 aliphatic heterocycles. The van der Waals surface area contributed by atoms with E-state index in [4.69, 9.17) is 9.37 Å². The minimum Gasteiger partial charge on any atom is -0.440 e. The lowest BCUT2D eigenvalue weighted by molar-refractivity contribution is -0.0112. The van der Waals surface area contributed by atoms with Gasteiger partial charge < -0.3 is 9.64 Å². The van der Waals surface area contributed by atoms with Crippen molar-refractivity contribution in [1.29, 1.82) is 0 Å². The number of amides is 1. The Kier molecular flexibility index (Phi) is 3.04. The SMILES string of the molecule is CN1CC2(CCCN(Cc3cccc4nonc34)C2)OC1=O. The molecule has 7 heteroatoms. The van der Waals surface area contributed by atoms with Crippen LogP contribution in [0.2, 0.25) is 0 Å². The van der Waals surface area contributed by atoms with Crippen molar-refractivity contribution >= 4 is 17.1 Å². The number of hydrogen-bond donors (Lipinski definition) is 0. The van der Waals surface area contributed by atoms with Crippen molar-refractivity contribution in [3.63, 3.8) is 0 Å². The lowest BCUT2D eigenvalue weighted by atomic mass is 9.92. The molecule has 1 amide bonds.